The topological polar surface area (TPSA) is 13.1 Å². The first kappa shape index (κ1) is 8.81. The van der Waals surface area contributed by atoms with Gasteiger partial charge in [-0.15, -0.1) is 0 Å². The lowest BCUT2D eigenvalue weighted by molar-refractivity contribution is 0.552. The van der Waals surface area contributed by atoms with E-state index in [9.17, 15) is 0 Å². The fourth-order valence-electron chi connectivity index (χ4n) is 1.95. The summed E-state index contributed by atoms with van der Waals surface area (Å²) in [6, 6.07) is 9.89. The van der Waals surface area contributed by atoms with E-state index in [0.717, 1.165) is 22.8 Å². The molecule has 0 saturated heterocycles. The molecule has 0 radical (unpaired) electrons. The van der Waals surface area contributed by atoms with Crippen LogP contribution in [-0.4, -0.2) is 0 Å². The second-order valence-electron chi connectivity index (χ2n) is 3.64. The van der Waals surface area contributed by atoms with E-state index in [4.69, 9.17) is 16.0 Å². The predicted molar refractivity (Wildman–Crippen MR) is 61.7 cm³/mol. The molecule has 0 amide bonds. The molecule has 1 nitrogen and oxygen atoms in total. The van der Waals surface area contributed by atoms with E-state index in [1.54, 1.807) is 6.26 Å². The van der Waals surface area contributed by atoms with Crippen molar-refractivity contribution in [2.75, 3.05) is 0 Å². The molecule has 0 unspecified atom stereocenters. The fourth-order valence-corrected chi connectivity index (χ4v) is 2.20. The van der Waals surface area contributed by atoms with Crippen LogP contribution in [0.25, 0.3) is 11.6 Å². The van der Waals surface area contributed by atoms with Crippen LogP contribution in [0, 0.1) is 0 Å². The Morgan fingerprint density at radius 1 is 1.13 bits per heavy atom. The van der Waals surface area contributed by atoms with E-state index in [0.29, 0.717) is 0 Å². The molecular formula is C13H9ClO. The monoisotopic (exact) mass is 216 g/mol. The van der Waals surface area contributed by atoms with Crippen LogP contribution in [0.3, 0.4) is 0 Å². The highest BCUT2D eigenvalue weighted by molar-refractivity contribution is 6.32. The van der Waals surface area contributed by atoms with Gasteiger partial charge in [-0.3, -0.25) is 0 Å². The molecular weight excluding hydrogens is 208 g/mol. The number of fused-ring (bicyclic) bond motifs is 1. The molecule has 0 bridgehead atoms. The van der Waals surface area contributed by atoms with Crippen LogP contribution in [0.15, 0.2) is 41.0 Å². The maximum atomic E-state index is 6.12. The highest BCUT2D eigenvalue weighted by atomic mass is 35.5. The molecule has 0 atom stereocenters. The van der Waals surface area contributed by atoms with Crippen LogP contribution >= 0.6 is 11.6 Å². The van der Waals surface area contributed by atoms with E-state index in [1.807, 2.05) is 24.3 Å². The van der Waals surface area contributed by atoms with Gasteiger partial charge in [0.25, 0.3) is 0 Å². The molecule has 2 heteroatoms. The minimum atomic E-state index is 0.814. The van der Waals surface area contributed by atoms with Crippen molar-refractivity contribution >= 4 is 23.3 Å². The first-order chi connectivity index (χ1) is 7.34. The van der Waals surface area contributed by atoms with Crippen molar-refractivity contribution in [1.82, 2.24) is 0 Å². The summed E-state index contributed by atoms with van der Waals surface area (Å²) >= 11 is 6.12. The van der Waals surface area contributed by atoms with Crippen molar-refractivity contribution in [3.05, 3.63) is 58.5 Å². The summed E-state index contributed by atoms with van der Waals surface area (Å²) < 4.78 is 5.38. The average molecular weight is 217 g/mol. The zero-order chi connectivity index (χ0) is 10.3. The van der Waals surface area contributed by atoms with Gasteiger partial charge in [0.15, 0.2) is 0 Å². The van der Waals surface area contributed by atoms with Crippen LogP contribution in [0.4, 0.5) is 0 Å². The third kappa shape index (κ3) is 1.40. The molecule has 2 aromatic rings. The van der Waals surface area contributed by atoms with Gasteiger partial charge >= 0.3 is 0 Å². The molecule has 0 fully saturated rings. The highest BCUT2D eigenvalue weighted by Crippen LogP contribution is 2.35. The summed E-state index contributed by atoms with van der Waals surface area (Å²) in [5.41, 5.74) is 3.60. The molecule has 0 spiro atoms. The molecule has 0 N–H and O–H groups in total. The zero-order valence-corrected chi connectivity index (χ0v) is 8.79. The molecule has 0 saturated carbocycles. The molecule has 3 rings (SSSR count). The van der Waals surface area contributed by atoms with Gasteiger partial charge in [0.05, 0.1) is 6.26 Å². The molecule has 0 aliphatic heterocycles. The van der Waals surface area contributed by atoms with Crippen LogP contribution in [0.5, 0.6) is 0 Å². The van der Waals surface area contributed by atoms with Gasteiger partial charge in [-0.1, -0.05) is 23.7 Å². The lowest BCUT2D eigenvalue weighted by Crippen LogP contribution is -1.83. The zero-order valence-electron chi connectivity index (χ0n) is 8.03. The normalized spacial score (nSPS) is 13.8. The van der Waals surface area contributed by atoms with Crippen LogP contribution < -0.4 is 0 Å². The smallest absolute Gasteiger partial charge is 0.130 e. The van der Waals surface area contributed by atoms with Gasteiger partial charge in [0.1, 0.15) is 5.76 Å². The van der Waals surface area contributed by atoms with Crippen molar-refractivity contribution in [3.8, 4) is 0 Å². The van der Waals surface area contributed by atoms with Gasteiger partial charge in [-0.25, -0.2) is 0 Å². The van der Waals surface area contributed by atoms with Gasteiger partial charge < -0.3 is 4.42 Å². The third-order valence-electron chi connectivity index (χ3n) is 2.68. The Labute approximate surface area is 93.0 Å². The third-order valence-corrected chi connectivity index (χ3v) is 3.01. The van der Waals surface area contributed by atoms with Crippen molar-refractivity contribution < 1.29 is 4.42 Å². The Balaban J connectivity index is 2.08. The Morgan fingerprint density at radius 3 is 2.80 bits per heavy atom. The number of furan rings is 1. The number of hydrogen-bond acceptors (Lipinski definition) is 1. The summed E-state index contributed by atoms with van der Waals surface area (Å²) in [7, 11) is 0. The summed E-state index contributed by atoms with van der Waals surface area (Å²) in [5, 5.41) is 0.814. The summed E-state index contributed by atoms with van der Waals surface area (Å²) in [6.07, 6.45) is 4.71. The average Bonchev–Trinajstić information content (AvgIpc) is 2.86. The fraction of sp³-hybridized carbons (Fsp3) is 0.0769. The van der Waals surface area contributed by atoms with Crippen molar-refractivity contribution in [1.29, 1.82) is 0 Å². The summed E-state index contributed by atoms with van der Waals surface area (Å²) in [6.45, 7) is 0. The van der Waals surface area contributed by atoms with Gasteiger partial charge in [0, 0.05) is 11.4 Å². The number of hydrogen-bond donors (Lipinski definition) is 0. The number of benzene rings is 1. The number of allylic oxidation sites excluding steroid dienone is 1. The second-order valence-corrected chi connectivity index (χ2v) is 4.04. The molecule has 15 heavy (non-hydrogen) atoms. The van der Waals surface area contributed by atoms with Gasteiger partial charge in [-0.2, -0.15) is 0 Å². The number of rotatable bonds is 1. The standard InChI is InChI=1S/C13H9ClO/c14-12-4-1-3-9-7-10(8-11(9)12)13-5-2-6-15-13/h1-6,8H,7H2. The maximum absolute atomic E-state index is 6.12. The van der Waals surface area contributed by atoms with Crippen LogP contribution in [0.1, 0.15) is 16.9 Å². The molecule has 1 aliphatic carbocycles. The molecule has 1 heterocycles. The summed E-state index contributed by atoms with van der Waals surface area (Å²) in [5.74, 6) is 0.933. The lowest BCUT2D eigenvalue weighted by atomic mass is 10.1. The quantitative estimate of drug-likeness (QED) is 0.702. The molecule has 1 aromatic carbocycles. The van der Waals surface area contributed by atoms with Crippen LogP contribution in [-0.2, 0) is 6.42 Å². The Hall–Kier alpha value is -1.47. The van der Waals surface area contributed by atoms with Crippen molar-refractivity contribution in [3.63, 3.8) is 0 Å². The van der Waals surface area contributed by atoms with E-state index in [-0.39, 0.29) is 0 Å². The molecule has 1 aliphatic rings. The second kappa shape index (κ2) is 3.28. The first-order valence-corrected chi connectivity index (χ1v) is 5.24. The van der Waals surface area contributed by atoms with E-state index >= 15 is 0 Å². The lowest BCUT2D eigenvalue weighted by Gasteiger charge is -1.98. The minimum absolute atomic E-state index is 0.814. The largest absolute Gasteiger partial charge is 0.465 e. The van der Waals surface area contributed by atoms with Crippen molar-refractivity contribution in [2.24, 2.45) is 0 Å². The highest BCUT2D eigenvalue weighted by Gasteiger charge is 2.17. The Bertz CT molecular complexity index is 523. The van der Waals surface area contributed by atoms with Gasteiger partial charge in [-0.05, 0) is 41.0 Å². The number of halogens is 1. The van der Waals surface area contributed by atoms with E-state index < -0.39 is 0 Å². The molecule has 1 aromatic heterocycles. The van der Waals surface area contributed by atoms with Crippen LogP contribution in [0.2, 0.25) is 5.02 Å². The van der Waals surface area contributed by atoms with Gasteiger partial charge in [0.2, 0.25) is 0 Å². The van der Waals surface area contributed by atoms with E-state index in [2.05, 4.69) is 12.1 Å². The Kier molecular flexibility index (Phi) is 1.93. The maximum Gasteiger partial charge on any atom is 0.130 e. The predicted octanol–water partition coefficient (Wildman–Crippen LogP) is 4.03. The van der Waals surface area contributed by atoms with Crippen molar-refractivity contribution in [2.45, 2.75) is 6.42 Å². The molecule has 74 valence electrons. The SMILES string of the molecule is Clc1cccc2c1C=C(c1ccco1)C2. The Morgan fingerprint density at radius 2 is 2.07 bits per heavy atom. The minimum Gasteiger partial charge on any atom is -0.465 e. The summed E-state index contributed by atoms with van der Waals surface area (Å²) in [4.78, 5) is 0. The van der Waals surface area contributed by atoms with E-state index in [1.165, 1.54) is 11.1 Å². The first-order valence-electron chi connectivity index (χ1n) is 4.86.